The van der Waals surface area contributed by atoms with Gasteiger partial charge in [0.05, 0.1) is 10.5 Å². The normalized spacial score (nSPS) is 10.8. The maximum atomic E-state index is 12.7. The van der Waals surface area contributed by atoms with Crippen molar-refractivity contribution < 1.29 is 8.81 Å². The molecule has 0 radical (unpaired) electrons. The predicted octanol–water partition coefficient (Wildman–Crippen LogP) is 3.28. The molecule has 2 aromatic rings. The first-order chi connectivity index (χ1) is 5.66. The van der Waals surface area contributed by atoms with Crippen LogP contribution in [-0.2, 0) is 0 Å². The van der Waals surface area contributed by atoms with E-state index in [1.54, 1.807) is 0 Å². The number of H-pyrrole nitrogens is 1. The molecule has 12 heavy (non-hydrogen) atoms. The molecule has 0 amide bonds. The second kappa shape index (κ2) is 2.57. The van der Waals surface area contributed by atoms with Gasteiger partial charge in [-0.15, -0.1) is 0 Å². The summed E-state index contributed by atoms with van der Waals surface area (Å²) in [7, 11) is 0. The smallest absolute Gasteiger partial charge is 0.266 e. The quantitative estimate of drug-likeness (QED) is 0.666. The van der Waals surface area contributed by atoms with E-state index in [0.717, 1.165) is 0 Å². The van der Waals surface area contributed by atoms with E-state index in [0.29, 0.717) is 11.1 Å². The first-order valence-corrected chi connectivity index (χ1v) is 3.93. The molecule has 0 aliphatic heterocycles. The molecule has 0 aliphatic carbocycles. The summed E-state index contributed by atoms with van der Waals surface area (Å²) in [5.74, 6) is -0.417. The van der Waals surface area contributed by atoms with Crippen molar-refractivity contribution in [2.24, 2.45) is 0 Å². The number of oxazole rings is 1. The van der Waals surface area contributed by atoms with Crippen LogP contribution >= 0.6 is 23.8 Å². The van der Waals surface area contributed by atoms with Crippen LogP contribution in [0.1, 0.15) is 0 Å². The number of rotatable bonds is 0. The third kappa shape index (κ3) is 1.13. The van der Waals surface area contributed by atoms with Gasteiger partial charge in [0.1, 0.15) is 5.82 Å². The molecule has 0 unspecified atom stereocenters. The zero-order chi connectivity index (χ0) is 8.72. The molecule has 1 heterocycles. The average Bonchev–Trinajstić information content (AvgIpc) is 2.29. The average molecular weight is 204 g/mol. The highest BCUT2D eigenvalue weighted by Gasteiger charge is 2.05. The zero-order valence-electron chi connectivity index (χ0n) is 5.73. The van der Waals surface area contributed by atoms with Crippen LogP contribution in [-0.4, -0.2) is 4.98 Å². The van der Waals surface area contributed by atoms with Gasteiger partial charge in [-0.25, -0.2) is 4.39 Å². The van der Waals surface area contributed by atoms with E-state index >= 15 is 0 Å². The zero-order valence-corrected chi connectivity index (χ0v) is 7.30. The summed E-state index contributed by atoms with van der Waals surface area (Å²) in [5.41, 5.74) is 0.869. The molecule has 0 atom stereocenters. The summed E-state index contributed by atoms with van der Waals surface area (Å²) in [6, 6.07) is 2.45. The maximum absolute atomic E-state index is 12.7. The van der Waals surface area contributed by atoms with E-state index in [4.69, 9.17) is 28.2 Å². The van der Waals surface area contributed by atoms with Crippen LogP contribution in [0.2, 0.25) is 5.02 Å². The number of hydrogen-bond acceptors (Lipinski definition) is 2. The van der Waals surface area contributed by atoms with Gasteiger partial charge in [0.2, 0.25) is 0 Å². The Hall–Kier alpha value is -0.870. The van der Waals surface area contributed by atoms with E-state index in [2.05, 4.69) is 4.98 Å². The predicted molar refractivity (Wildman–Crippen MR) is 46.4 cm³/mol. The van der Waals surface area contributed by atoms with E-state index in [1.165, 1.54) is 12.1 Å². The van der Waals surface area contributed by atoms with Crippen molar-refractivity contribution >= 4 is 34.9 Å². The molecule has 2 nitrogen and oxygen atoms in total. The lowest BCUT2D eigenvalue weighted by molar-refractivity contribution is 0.582. The molecule has 1 N–H and O–H groups in total. The van der Waals surface area contributed by atoms with E-state index in [1.807, 2.05) is 0 Å². The Morgan fingerprint density at radius 2 is 2.25 bits per heavy atom. The molecule has 62 valence electrons. The molecule has 2 rings (SSSR count). The van der Waals surface area contributed by atoms with Gasteiger partial charge >= 0.3 is 0 Å². The van der Waals surface area contributed by atoms with Gasteiger partial charge in [-0.3, -0.25) is 0 Å². The number of halogens is 2. The van der Waals surface area contributed by atoms with Crippen molar-refractivity contribution in [2.75, 3.05) is 0 Å². The Labute approximate surface area is 77.0 Å². The van der Waals surface area contributed by atoms with Crippen LogP contribution in [0, 0.1) is 10.7 Å². The van der Waals surface area contributed by atoms with Crippen LogP contribution in [0.25, 0.3) is 11.1 Å². The summed E-state index contributed by atoms with van der Waals surface area (Å²) in [6.07, 6.45) is 0. The second-order valence-corrected chi connectivity index (χ2v) is 3.06. The fourth-order valence-electron chi connectivity index (χ4n) is 0.985. The summed E-state index contributed by atoms with van der Waals surface area (Å²) >= 11 is 10.4. The van der Waals surface area contributed by atoms with Crippen molar-refractivity contribution in [3.05, 3.63) is 27.8 Å². The number of nitrogens with one attached hydrogen (secondary N) is 1. The summed E-state index contributed by atoms with van der Waals surface area (Å²) < 4.78 is 17.7. The Morgan fingerprint density at radius 3 is 3.00 bits per heavy atom. The van der Waals surface area contributed by atoms with Gasteiger partial charge in [0.15, 0.2) is 5.58 Å². The first-order valence-electron chi connectivity index (χ1n) is 3.15. The minimum atomic E-state index is -0.417. The number of aromatic nitrogens is 1. The van der Waals surface area contributed by atoms with Crippen molar-refractivity contribution in [1.82, 2.24) is 4.98 Å². The van der Waals surface area contributed by atoms with Crippen molar-refractivity contribution in [3.63, 3.8) is 0 Å². The minimum absolute atomic E-state index is 0.192. The topological polar surface area (TPSA) is 28.9 Å². The van der Waals surface area contributed by atoms with Gasteiger partial charge in [-0.2, -0.15) is 0 Å². The van der Waals surface area contributed by atoms with E-state index in [-0.39, 0.29) is 9.86 Å². The fourth-order valence-corrected chi connectivity index (χ4v) is 1.42. The third-order valence-corrected chi connectivity index (χ3v) is 1.91. The minimum Gasteiger partial charge on any atom is -0.428 e. The van der Waals surface area contributed by atoms with Crippen LogP contribution in [0.4, 0.5) is 4.39 Å². The lowest BCUT2D eigenvalue weighted by Gasteiger charge is -1.90. The number of benzene rings is 1. The summed E-state index contributed by atoms with van der Waals surface area (Å²) in [4.78, 5) is 2.86. The van der Waals surface area contributed by atoms with Crippen molar-refractivity contribution in [3.8, 4) is 0 Å². The van der Waals surface area contributed by atoms with Crippen LogP contribution in [0.3, 0.4) is 0 Å². The molecular weight excluding hydrogens is 201 g/mol. The molecule has 0 fully saturated rings. The molecule has 0 bridgehead atoms. The summed E-state index contributed by atoms with van der Waals surface area (Å²) in [6.45, 7) is 0. The summed E-state index contributed by atoms with van der Waals surface area (Å²) in [5, 5.41) is 0.220. The Balaban J connectivity index is 2.97. The molecule has 0 saturated carbocycles. The maximum Gasteiger partial charge on any atom is 0.266 e. The lowest BCUT2D eigenvalue weighted by atomic mass is 10.3. The van der Waals surface area contributed by atoms with Gasteiger partial charge in [0.25, 0.3) is 4.84 Å². The number of aromatic amines is 1. The Kier molecular flexibility index (Phi) is 1.66. The highest BCUT2D eigenvalue weighted by Crippen LogP contribution is 2.24. The Bertz CT molecular complexity index is 490. The molecular formula is C7H3ClFNOS. The van der Waals surface area contributed by atoms with E-state index < -0.39 is 5.82 Å². The van der Waals surface area contributed by atoms with Gasteiger partial charge in [-0.05, 0) is 18.3 Å². The Morgan fingerprint density at radius 1 is 1.50 bits per heavy atom. The first kappa shape index (κ1) is 7.76. The van der Waals surface area contributed by atoms with Crippen molar-refractivity contribution in [2.45, 2.75) is 0 Å². The van der Waals surface area contributed by atoms with Crippen LogP contribution < -0.4 is 0 Å². The highest BCUT2D eigenvalue weighted by molar-refractivity contribution is 7.71. The van der Waals surface area contributed by atoms with E-state index in [9.17, 15) is 4.39 Å². The molecule has 1 aromatic heterocycles. The molecule has 5 heteroatoms. The molecule has 0 saturated heterocycles. The molecule has 1 aromatic carbocycles. The van der Waals surface area contributed by atoms with Gasteiger partial charge in [0, 0.05) is 6.07 Å². The largest absolute Gasteiger partial charge is 0.428 e. The van der Waals surface area contributed by atoms with Crippen molar-refractivity contribution in [1.29, 1.82) is 0 Å². The third-order valence-electron chi connectivity index (χ3n) is 1.44. The SMILES string of the molecule is Fc1cc(Cl)c2oc(=S)[nH]c2c1. The fraction of sp³-hybridized carbons (Fsp3) is 0. The number of fused-ring (bicyclic) bond motifs is 1. The highest BCUT2D eigenvalue weighted by atomic mass is 35.5. The lowest BCUT2D eigenvalue weighted by Crippen LogP contribution is -1.74. The monoisotopic (exact) mass is 203 g/mol. The molecule has 0 spiro atoms. The van der Waals surface area contributed by atoms with Crippen LogP contribution in [0.15, 0.2) is 16.5 Å². The standard InChI is InChI=1S/C7H3ClFNOS/c8-4-1-3(9)2-5-6(4)11-7(12)10-5/h1-2H,(H,10,12). The number of hydrogen-bond donors (Lipinski definition) is 1. The van der Waals surface area contributed by atoms with Gasteiger partial charge < -0.3 is 9.40 Å². The second-order valence-electron chi connectivity index (χ2n) is 2.28. The molecule has 0 aliphatic rings. The van der Waals surface area contributed by atoms with Gasteiger partial charge in [-0.1, -0.05) is 11.6 Å². The van der Waals surface area contributed by atoms with Crippen LogP contribution in [0.5, 0.6) is 0 Å².